The molecule has 0 aliphatic rings. The lowest BCUT2D eigenvalue weighted by atomic mass is 10.1. The molecule has 0 radical (unpaired) electrons. The molecule has 0 saturated carbocycles. The molecule has 9 heteroatoms. The van der Waals surface area contributed by atoms with Gasteiger partial charge in [0.25, 0.3) is 0 Å². The van der Waals surface area contributed by atoms with Gasteiger partial charge in [-0.25, -0.2) is 21.6 Å². The topological polar surface area (TPSA) is 106 Å². The van der Waals surface area contributed by atoms with Crippen LogP contribution in [0.4, 0.5) is 0 Å². The number of hydrogen-bond acceptors (Lipinski definition) is 5. The Morgan fingerprint density at radius 1 is 1.24 bits per heavy atom. The van der Waals surface area contributed by atoms with E-state index in [0.717, 1.165) is 12.3 Å². The van der Waals surface area contributed by atoms with Crippen LogP contribution in [0.5, 0.6) is 0 Å². The zero-order valence-corrected chi connectivity index (χ0v) is 14.4. The van der Waals surface area contributed by atoms with E-state index in [0.29, 0.717) is 0 Å². The summed E-state index contributed by atoms with van der Waals surface area (Å²) >= 11 is 5.89. The zero-order chi connectivity index (χ0) is 16.4. The summed E-state index contributed by atoms with van der Waals surface area (Å²) in [7, 11) is -7.48. The van der Waals surface area contributed by atoms with Crippen LogP contribution in [0.3, 0.4) is 0 Å². The standard InChI is InChI=1S/C12H19ClN2O4S2/c1-8(2)11(7-14)15-21(18,19)12-6-9(20(3,16)17)4-5-10(12)13/h4-6,8,11,15H,7,14H2,1-3H3. The van der Waals surface area contributed by atoms with E-state index in [2.05, 4.69) is 4.72 Å². The van der Waals surface area contributed by atoms with E-state index < -0.39 is 25.9 Å². The highest BCUT2D eigenvalue weighted by atomic mass is 35.5. The molecule has 0 fully saturated rings. The molecule has 1 atom stereocenters. The maximum atomic E-state index is 12.4. The SMILES string of the molecule is CC(C)C(CN)NS(=O)(=O)c1cc(S(C)(=O)=O)ccc1Cl. The molecule has 1 rings (SSSR count). The number of nitrogens with two attached hydrogens (primary N) is 1. The van der Waals surface area contributed by atoms with Crippen molar-refractivity contribution in [3.8, 4) is 0 Å². The van der Waals surface area contributed by atoms with Crippen molar-refractivity contribution in [3.05, 3.63) is 23.2 Å². The summed E-state index contributed by atoms with van der Waals surface area (Å²) in [5.41, 5.74) is 5.54. The minimum atomic E-state index is -3.96. The van der Waals surface area contributed by atoms with E-state index in [1.165, 1.54) is 12.1 Å². The van der Waals surface area contributed by atoms with Gasteiger partial charge in [0.05, 0.1) is 9.92 Å². The Bertz CT molecular complexity index is 715. The summed E-state index contributed by atoms with van der Waals surface area (Å²) in [6.07, 6.45) is 0.997. The van der Waals surface area contributed by atoms with Gasteiger partial charge < -0.3 is 5.73 Å². The lowest BCUT2D eigenvalue weighted by Gasteiger charge is -2.21. The molecule has 21 heavy (non-hydrogen) atoms. The summed E-state index contributed by atoms with van der Waals surface area (Å²) in [4.78, 5) is -0.382. The molecular formula is C12H19ClN2O4S2. The first-order chi connectivity index (χ1) is 9.49. The average molecular weight is 355 g/mol. The first-order valence-electron chi connectivity index (χ1n) is 6.21. The number of sulfonamides is 1. The molecule has 0 spiro atoms. The maximum Gasteiger partial charge on any atom is 0.242 e. The van der Waals surface area contributed by atoms with Crippen LogP contribution >= 0.6 is 11.6 Å². The van der Waals surface area contributed by atoms with Gasteiger partial charge in [-0.2, -0.15) is 0 Å². The Kier molecular flexibility index (Phi) is 5.79. The van der Waals surface area contributed by atoms with Gasteiger partial charge in [-0.15, -0.1) is 0 Å². The van der Waals surface area contributed by atoms with E-state index in [9.17, 15) is 16.8 Å². The highest BCUT2D eigenvalue weighted by molar-refractivity contribution is 7.91. The van der Waals surface area contributed by atoms with Gasteiger partial charge in [-0.05, 0) is 24.1 Å². The summed E-state index contributed by atoms with van der Waals surface area (Å²) < 4.78 is 50.2. The lowest BCUT2D eigenvalue weighted by molar-refractivity contribution is 0.455. The van der Waals surface area contributed by atoms with Gasteiger partial charge in [0.15, 0.2) is 9.84 Å². The Balaban J connectivity index is 3.31. The molecule has 1 aromatic rings. The van der Waals surface area contributed by atoms with Crippen LogP contribution in [0.15, 0.2) is 28.0 Å². The number of hydrogen-bond donors (Lipinski definition) is 2. The van der Waals surface area contributed by atoms with E-state index in [4.69, 9.17) is 17.3 Å². The van der Waals surface area contributed by atoms with Crippen molar-refractivity contribution in [2.45, 2.75) is 29.7 Å². The van der Waals surface area contributed by atoms with Gasteiger partial charge in [-0.1, -0.05) is 25.4 Å². The number of halogens is 1. The molecule has 6 nitrogen and oxygen atoms in total. The summed E-state index contributed by atoms with van der Waals surface area (Å²) in [6, 6.07) is 3.10. The van der Waals surface area contributed by atoms with Crippen LogP contribution in [0.25, 0.3) is 0 Å². The first kappa shape index (κ1) is 18.4. The normalized spacial score (nSPS) is 14.4. The molecule has 0 bridgehead atoms. The Morgan fingerprint density at radius 2 is 1.81 bits per heavy atom. The van der Waals surface area contributed by atoms with Gasteiger partial charge in [0.1, 0.15) is 4.90 Å². The number of benzene rings is 1. The number of sulfone groups is 1. The smallest absolute Gasteiger partial charge is 0.242 e. The third-order valence-electron chi connectivity index (χ3n) is 2.99. The van der Waals surface area contributed by atoms with Crippen LogP contribution in [0, 0.1) is 5.92 Å². The monoisotopic (exact) mass is 354 g/mol. The predicted octanol–water partition coefficient (Wildman–Crippen LogP) is 1.01. The Hall–Kier alpha value is -0.670. The van der Waals surface area contributed by atoms with E-state index in [-0.39, 0.29) is 27.3 Å². The van der Waals surface area contributed by atoms with Crippen LogP contribution in [-0.2, 0) is 19.9 Å². The van der Waals surface area contributed by atoms with E-state index in [1.807, 2.05) is 13.8 Å². The summed E-state index contributed by atoms with van der Waals surface area (Å²) in [6.45, 7) is 3.78. The molecule has 3 N–H and O–H groups in total. The second-order valence-corrected chi connectivity index (χ2v) is 9.18. The van der Waals surface area contributed by atoms with Crippen molar-refractivity contribution in [2.75, 3.05) is 12.8 Å². The second-order valence-electron chi connectivity index (χ2n) is 5.07. The third-order valence-corrected chi connectivity index (χ3v) is 6.07. The van der Waals surface area contributed by atoms with Crippen LogP contribution < -0.4 is 10.5 Å². The van der Waals surface area contributed by atoms with Gasteiger partial charge >= 0.3 is 0 Å². The molecule has 120 valence electrons. The van der Waals surface area contributed by atoms with Crippen molar-refractivity contribution in [3.63, 3.8) is 0 Å². The largest absolute Gasteiger partial charge is 0.329 e. The van der Waals surface area contributed by atoms with Gasteiger partial charge in [0.2, 0.25) is 10.0 Å². The van der Waals surface area contributed by atoms with Crippen molar-refractivity contribution >= 4 is 31.5 Å². The van der Waals surface area contributed by atoms with Crippen LogP contribution in [-0.4, -0.2) is 35.7 Å². The molecule has 1 unspecified atom stereocenters. The van der Waals surface area contributed by atoms with Gasteiger partial charge in [-0.3, -0.25) is 0 Å². The van der Waals surface area contributed by atoms with Crippen molar-refractivity contribution in [2.24, 2.45) is 11.7 Å². The lowest BCUT2D eigenvalue weighted by Crippen LogP contribution is -2.43. The average Bonchev–Trinajstić information content (AvgIpc) is 2.34. The summed E-state index contributed by atoms with van der Waals surface area (Å²) in [5.74, 6) is -0.0124. The van der Waals surface area contributed by atoms with Crippen molar-refractivity contribution in [1.82, 2.24) is 4.72 Å². The second kappa shape index (κ2) is 6.62. The van der Waals surface area contributed by atoms with Crippen molar-refractivity contribution in [1.29, 1.82) is 0 Å². The Morgan fingerprint density at radius 3 is 2.24 bits per heavy atom. The highest BCUT2D eigenvalue weighted by Gasteiger charge is 2.25. The molecule has 0 aliphatic carbocycles. The number of rotatable bonds is 6. The molecule has 0 heterocycles. The summed E-state index contributed by atoms with van der Waals surface area (Å²) in [5, 5.41) is -0.0468. The molecule has 0 aromatic heterocycles. The fourth-order valence-corrected chi connectivity index (χ4v) is 4.28. The van der Waals surface area contributed by atoms with Crippen molar-refractivity contribution < 1.29 is 16.8 Å². The molecular weight excluding hydrogens is 336 g/mol. The van der Waals surface area contributed by atoms with E-state index >= 15 is 0 Å². The fourth-order valence-electron chi connectivity index (χ4n) is 1.64. The highest BCUT2D eigenvalue weighted by Crippen LogP contribution is 2.25. The fraction of sp³-hybridized carbons (Fsp3) is 0.500. The van der Waals surface area contributed by atoms with Crippen LogP contribution in [0.1, 0.15) is 13.8 Å². The quantitative estimate of drug-likeness (QED) is 0.792. The maximum absolute atomic E-state index is 12.4. The van der Waals surface area contributed by atoms with E-state index in [1.54, 1.807) is 0 Å². The molecule has 0 amide bonds. The first-order valence-corrected chi connectivity index (χ1v) is 9.96. The van der Waals surface area contributed by atoms with Crippen LogP contribution in [0.2, 0.25) is 5.02 Å². The third kappa shape index (κ3) is 4.65. The minimum absolute atomic E-state index is 0.0124. The molecule has 0 aliphatic heterocycles. The van der Waals surface area contributed by atoms with Gasteiger partial charge in [0, 0.05) is 18.8 Å². The molecule has 1 aromatic carbocycles. The number of nitrogens with one attached hydrogen (secondary N) is 1. The molecule has 0 saturated heterocycles. The predicted molar refractivity (Wildman–Crippen MR) is 82.6 cm³/mol. The minimum Gasteiger partial charge on any atom is -0.329 e. The zero-order valence-electron chi connectivity index (χ0n) is 12.0. The Labute approximate surface area is 130 Å².